The Hall–Kier alpha value is -0.120. The maximum atomic E-state index is 6.14. The van der Waals surface area contributed by atoms with E-state index in [0.29, 0.717) is 12.2 Å². The van der Waals surface area contributed by atoms with Crippen molar-refractivity contribution in [1.82, 2.24) is 10.2 Å². The van der Waals surface area contributed by atoms with Crippen LogP contribution in [-0.2, 0) is 4.74 Å². The van der Waals surface area contributed by atoms with Gasteiger partial charge in [-0.05, 0) is 58.0 Å². The molecule has 0 aromatic rings. The number of nitrogens with zero attached hydrogens (tertiary/aromatic N) is 1. The summed E-state index contributed by atoms with van der Waals surface area (Å²) in [4.78, 5) is 2.56. The molecule has 112 valence electrons. The van der Waals surface area contributed by atoms with Gasteiger partial charge < -0.3 is 15.0 Å². The van der Waals surface area contributed by atoms with Crippen LogP contribution < -0.4 is 5.32 Å². The highest BCUT2D eigenvalue weighted by molar-refractivity contribution is 4.81. The summed E-state index contributed by atoms with van der Waals surface area (Å²) in [6, 6.07) is 0.799. The Bertz CT molecular complexity index is 251. The van der Waals surface area contributed by atoms with Crippen LogP contribution in [0.15, 0.2) is 0 Å². The number of hydrogen-bond acceptors (Lipinski definition) is 3. The number of nitrogens with one attached hydrogen (secondary N) is 1. The first-order chi connectivity index (χ1) is 9.19. The van der Waals surface area contributed by atoms with Crippen molar-refractivity contribution in [3.05, 3.63) is 0 Å². The number of rotatable bonds is 6. The van der Waals surface area contributed by atoms with Crippen LogP contribution in [0.3, 0.4) is 0 Å². The fraction of sp³-hybridized carbons (Fsp3) is 1.00. The van der Waals surface area contributed by atoms with E-state index in [1.165, 1.54) is 38.5 Å². The first-order valence-corrected chi connectivity index (χ1v) is 8.25. The van der Waals surface area contributed by atoms with Gasteiger partial charge in [0, 0.05) is 19.1 Å². The van der Waals surface area contributed by atoms with Crippen LogP contribution in [0.25, 0.3) is 0 Å². The quantitative estimate of drug-likeness (QED) is 0.801. The molecule has 2 aliphatic rings. The van der Waals surface area contributed by atoms with E-state index in [-0.39, 0.29) is 0 Å². The van der Waals surface area contributed by atoms with E-state index in [2.05, 4.69) is 31.1 Å². The number of likely N-dealkylation sites (N-methyl/N-ethyl adjacent to an activating group) is 2. The molecule has 2 fully saturated rings. The van der Waals surface area contributed by atoms with E-state index >= 15 is 0 Å². The Morgan fingerprint density at radius 2 is 1.74 bits per heavy atom. The van der Waals surface area contributed by atoms with E-state index in [9.17, 15) is 0 Å². The van der Waals surface area contributed by atoms with Crippen molar-refractivity contribution < 1.29 is 4.74 Å². The van der Waals surface area contributed by atoms with Crippen molar-refractivity contribution in [2.75, 3.05) is 26.7 Å². The van der Waals surface area contributed by atoms with Crippen molar-refractivity contribution >= 4 is 0 Å². The summed E-state index contributed by atoms with van der Waals surface area (Å²) in [7, 11) is 2.29. The van der Waals surface area contributed by atoms with E-state index < -0.39 is 0 Å². The Morgan fingerprint density at radius 3 is 2.42 bits per heavy atom. The molecular formula is C16H32N2O. The first kappa shape index (κ1) is 15.3. The zero-order chi connectivity index (χ0) is 13.7. The summed E-state index contributed by atoms with van der Waals surface area (Å²) in [6.45, 7) is 7.75. The minimum atomic E-state index is 0.449. The third-order valence-electron chi connectivity index (χ3n) is 4.92. The molecular weight excluding hydrogens is 236 g/mol. The lowest BCUT2D eigenvalue weighted by Crippen LogP contribution is -2.40. The van der Waals surface area contributed by atoms with E-state index in [1.54, 1.807) is 0 Å². The van der Waals surface area contributed by atoms with Crippen LogP contribution in [0.1, 0.15) is 52.4 Å². The summed E-state index contributed by atoms with van der Waals surface area (Å²) in [6.07, 6.45) is 8.96. The molecule has 2 atom stereocenters. The van der Waals surface area contributed by atoms with Crippen molar-refractivity contribution in [1.29, 1.82) is 0 Å². The molecule has 0 aromatic carbocycles. The van der Waals surface area contributed by atoms with Crippen LogP contribution >= 0.6 is 0 Å². The Kier molecular flexibility index (Phi) is 6.11. The molecule has 1 aliphatic carbocycles. The van der Waals surface area contributed by atoms with Gasteiger partial charge in [0.15, 0.2) is 0 Å². The normalized spacial score (nSPS) is 36.0. The van der Waals surface area contributed by atoms with E-state index in [1.807, 2.05) is 0 Å². The SMILES string of the molecule is CCNCC1CCC(CN(C)C2CCC(C)CC2)O1. The van der Waals surface area contributed by atoms with Crippen molar-refractivity contribution in [3.8, 4) is 0 Å². The largest absolute Gasteiger partial charge is 0.372 e. The molecule has 0 bridgehead atoms. The van der Waals surface area contributed by atoms with Gasteiger partial charge in [0.05, 0.1) is 12.2 Å². The van der Waals surface area contributed by atoms with Crippen LogP contribution in [0, 0.1) is 5.92 Å². The monoisotopic (exact) mass is 268 g/mol. The first-order valence-electron chi connectivity index (χ1n) is 8.25. The maximum absolute atomic E-state index is 6.14. The zero-order valence-electron chi connectivity index (χ0n) is 13.0. The number of hydrogen-bond donors (Lipinski definition) is 1. The standard InChI is InChI=1S/C16H32N2O/c1-4-17-11-15-9-10-16(19-15)12-18(3)14-7-5-13(2)6-8-14/h13-17H,4-12H2,1-3H3. The Morgan fingerprint density at radius 1 is 1.05 bits per heavy atom. The van der Waals surface area contributed by atoms with E-state index in [0.717, 1.165) is 31.6 Å². The molecule has 19 heavy (non-hydrogen) atoms. The van der Waals surface area contributed by atoms with Gasteiger partial charge >= 0.3 is 0 Å². The van der Waals surface area contributed by atoms with Crippen molar-refractivity contribution in [3.63, 3.8) is 0 Å². The third kappa shape index (κ3) is 4.73. The molecule has 1 heterocycles. The predicted octanol–water partition coefficient (Wildman–Crippen LogP) is 2.65. The highest BCUT2D eigenvalue weighted by atomic mass is 16.5. The molecule has 1 saturated carbocycles. The minimum Gasteiger partial charge on any atom is -0.372 e. The Labute approximate surface area is 119 Å². The zero-order valence-corrected chi connectivity index (χ0v) is 13.0. The van der Waals surface area contributed by atoms with Crippen molar-refractivity contribution in [2.24, 2.45) is 5.92 Å². The summed E-state index contributed by atoms with van der Waals surface area (Å²) >= 11 is 0. The second kappa shape index (κ2) is 7.61. The molecule has 2 rings (SSSR count). The fourth-order valence-corrected chi connectivity index (χ4v) is 3.52. The summed E-state index contributed by atoms with van der Waals surface area (Å²) in [5.74, 6) is 0.942. The fourth-order valence-electron chi connectivity index (χ4n) is 3.52. The Balaban J connectivity index is 1.67. The van der Waals surface area contributed by atoms with E-state index in [4.69, 9.17) is 4.74 Å². The predicted molar refractivity (Wildman–Crippen MR) is 80.5 cm³/mol. The molecule has 0 radical (unpaired) electrons. The second-order valence-corrected chi connectivity index (χ2v) is 6.62. The van der Waals surface area contributed by atoms with Crippen LogP contribution in [0.2, 0.25) is 0 Å². The lowest BCUT2D eigenvalue weighted by Gasteiger charge is -2.34. The molecule has 2 unspecified atom stereocenters. The molecule has 1 saturated heterocycles. The average molecular weight is 268 g/mol. The van der Waals surface area contributed by atoms with Crippen molar-refractivity contribution in [2.45, 2.75) is 70.6 Å². The third-order valence-corrected chi connectivity index (χ3v) is 4.92. The minimum absolute atomic E-state index is 0.449. The van der Waals surface area contributed by atoms with Gasteiger partial charge in [-0.1, -0.05) is 13.8 Å². The van der Waals surface area contributed by atoms with Gasteiger partial charge in [0.2, 0.25) is 0 Å². The molecule has 0 amide bonds. The van der Waals surface area contributed by atoms with Crippen LogP contribution in [0.4, 0.5) is 0 Å². The smallest absolute Gasteiger partial charge is 0.0707 e. The van der Waals surface area contributed by atoms with Gasteiger partial charge in [-0.25, -0.2) is 0 Å². The van der Waals surface area contributed by atoms with Gasteiger partial charge in [-0.2, -0.15) is 0 Å². The average Bonchev–Trinajstić information content (AvgIpc) is 2.84. The molecule has 3 heteroatoms. The maximum Gasteiger partial charge on any atom is 0.0707 e. The highest BCUT2D eigenvalue weighted by Crippen LogP contribution is 2.28. The van der Waals surface area contributed by atoms with Gasteiger partial charge in [0.1, 0.15) is 0 Å². The lowest BCUT2D eigenvalue weighted by molar-refractivity contribution is 0.0160. The molecule has 3 nitrogen and oxygen atoms in total. The molecule has 0 aromatic heterocycles. The highest BCUT2D eigenvalue weighted by Gasteiger charge is 2.28. The lowest BCUT2D eigenvalue weighted by atomic mass is 9.86. The number of ether oxygens (including phenoxy) is 1. The summed E-state index contributed by atoms with van der Waals surface area (Å²) in [5.41, 5.74) is 0. The van der Waals surface area contributed by atoms with Crippen LogP contribution in [-0.4, -0.2) is 49.8 Å². The van der Waals surface area contributed by atoms with Gasteiger partial charge in [-0.15, -0.1) is 0 Å². The summed E-state index contributed by atoms with van der Waals surface area (Å²) in [5, 5.41) is 3.39. The molecule has 1 N–H and O–H groups in total. The van der Waals surface area contributed by atoms with Gasteiger partial charge in [0.25, 0.3) is 0 Å². The topological polar surface area (TPSA) is 24.5 Å². The van der Waals surface area contributed by atoms with Crippen LogP contribution in [0.5, 0.6) is 0 Å². The molecule has 0 spiro atoms. The summed E-state index contributed by atoms with van der Waals surface area (Å²) < 4.78 is 6.14. The van der Waals surface area contributed by atoms with Gasteiger partial charge in [-0.3, -0.25) is 0 Å². The molecule has 1 aliphatic heterocycles. The second-order valence-electron chi connectivity index (χ2n) is 6.62.